The van der Waals surface area contributed by atoms with Gasteiger partial charge in [-0.2, -0.15) is 5.10 Å². The summed E-state index contributed by atoms with van der Waals surface area (Å²) in [5, 5.41) is 11.9. The molecule has 5 nitrogen and oxygen atoms in total. The van der Waals surface area contributed by atoms with E-state index in [9.17, 15) is 0 Å². The van der Waals surface area contributed by atoms with Gasteiger partial charge in [-0.15, -0.1) is 0 Å². The van der Waals surface area contributed by atoms with Crippen LogP contribution in [-0.4, -0.2) is 15.6 Å². The summed E-state index contributed by atoms with van der Waals surface area (Å²) in [6.45, 7) is 4.07. The summed E-state index contributed by atoms with van der Waals surface area (Å²) in [6.07, 6.45) is 3.46. The van der Waals surface area contributed by atoms with Gasteiger partial charge in [0.2, 0.25) is 0 Å². The first kappa shape index (κ1) is 13.4. The van der Waals surface area contributed by atoms with Crippen molar-refractivity contribution in [1.29, 1.82) is 5.41 Å². The van der Waals surface area contributed by atoms with Crippen molar-refractivity contribution in [3.63, 3.8) is 0 Å². The molecule has 0 fully saturated rings. The van der Waals surface area contributed by atoms with E-state index in [1.54, 1.807) is 29.1 Å². The van der Waals surface area contributed by atoms with E-state index in [1.807, 2.05) is 20.0 Å². The van der Waals surface area contributed by atoms with Crippen molar-refractivity contribution in [2.75, 3.05) is 0 Å². The van der Waals surface area contributed by atoms with Crippen LogP contribution in [0.3, 0.4) is 0 Å². The van der Waals surface area contributed by atoms with Gasteiger partial charge in [0.05, 0.1) is 17.4 Å². The van der Waals surface area contributed by atoms with Crippen LogP contribution < -0.4 is 10.5 Å². The number of ether oxygens (including phenoxy) is 1. The summed E-state index contributed by atoms with van der Waals surface area (Å²) in [6, 6.07) is 5.29. The number of aromatic nitrogens is 2. The molecule has 0 amide bonds. The van der Waals surface area contributed by atoms with Gasteiger partial charge in [0.15, 0.2) is 5.75 Å². The van der Waals surface area contributed by atoms with Gasteiger partial charge in [-0.1, -0.05) is 11.6 Å². The molecule has 1 aromatic heterocycles. The fraction of sp³-hybridized carbons (Fsp3) is 0.231. The zero-order chi connectivity index (χ0) is 14.0. The molecule has 0 aliphatic rings. The molecular weight excluding hydrogens is 264 g/mol. The number of nitrogens with two attached hydrogens (primary N) is 1. The lowest BCUT2D eigenvalue weighted by atomic mass is 10.2. The number of hydrogen-bond donors (Lipinski definition) is 2. The minimum absolute atomic E-state index is 0.0656. The van der Waals surface area contributed by atoms with Gasteiger partial charge < -0.3 is 10.5 Å². The van der Waals surface area contributed by atoms with E-state index in [2.05, 4.69) is 5.10 Å². The molecule has 0 unspecified atom stereocenters. The van der Waals surface area contributed by atoms with Crippen molar-refractivity contribution in [2.24, 2.45) is 5.73 Å². The second kappa shape index (κ2) is 5.32. The molecule has 0 saturated carbocycles. The van der Waals surface area contributed by atoms with Crippen LogP contribution in [0.5, 0.6) is 11.5 Å². The van der Waals surface area contributed by atoms with Gasteiger partial charge in [-0.05, 0) is 26.0 Å². The number of nitrogens with one attached hydrogen (secondary N) is 1. The number of nitrogen functional groups attached to an aromatic ring is 1. The average Bonchev–Trinajstić information content (AvgIpc) is 2.77. The minimum Gasteiger partial charge on any atom is -0.454 e. The highest BCUT2D eigenvalue weighted by molar-refractivity contribution is 6.34. The van der Waals surface area contributed by atoms with Crippen molar-refractivity contribution >= 4 is 17.4 Å². The summed E-state index contributed by atoms with van der Waals surface area (Å²) in [5.74, 6) is 1.16. The van der Waals surface area contributed by atoms with Crippen molar-refractivity contribution < 1.29 is 4.74 Å². The number of amidine groups is 1. The molecule has 1 aromatic carbocycles. The third-order valence-corrected chi connectivity index (χ3v) is 2.89. The zero-order valence-electron chi connectivity index (χ0n) is 10.7. The largest absolute Gasteiger partial charge is 0.454 e. The third-order valence-electron chi connectivity index (χ3n) is 2.57. The molecule has 19 heavy (non-hydrogen) atoms. The molecule has 0 atom stereocenters. The van der Waals surface area contributed by atoms with Crippen LogP contribution in [0.1, 0.15) is 25.5 Å². The maximum absolute atomic E-state index is 7.36. The maximum atomic E-state index is 7.36. The minimum atomic E-state index is -0.0656. The first-order valence-electron chi connectivity index (χ1n) is 5.83. The van der Waals surface area contributed by atoms with E-state index >= 15 is 0 Å². The second-order valence-electron chi connectivity index (χ2n) is 4.41. The Labute approximate surface area is 116 Å². The average molecular weight is 279 g/mol. The summed E-state index contributed by atoms with van der Waals surface area (Å²) in [4.78, 5) is 0. The lowest BCUT2D eigenvalue weighted by molar-refractivity contribution is 0.477. The third kappa shape index (κ3) is 3.06. The number of benzene rings is 1. The lowest BCUT2D eigenvalue weighted by Gasteiger charge is -2.06. The molecule has 100 valence electrons. The molecule has 0 aliphatic heterocycles. The zero-order valence-corrected chi connectivity index (χ0v) is 11.5. The van der Waals surface area contributed by atoms with Crippen LogP contribution in [-0.2, 0) is 0 Å². The normalized spacial score (nSPS) is 10.7. The summed E-state index contributed by atoms with van der Waals surface area (Å²) < 4.78 is 7.45. The molecule has 0 radical (unpaired) electrons. The van der Waals surface area contributed by atoms with Gasteiger partial charge in [0.1, 0.15) is 11.6 Å². The van der Waals surface area contributed by atoms with Gasteiger partial charge >= 0.3 is 0 Å². The van der Waals surface area contributed by atoms with E-state index in [-0.39, 0.29) is 11.9 Å². The number of nitrogens with zero attached hydrogens (tertiary/aromatic N) is 2. The second-order valence-corrected chi connectivity index (χ2v) is 4.81. The van der Waals surface area contributed by atoms with E-state index < -0.39 is 0 Å². The van der Waals surface area contributed by atoms with Crippen LogP contribution in [0.25, 0.3) is 0 Å². The molecule has 6 heteroatoms. The molecule has 0 saturated heterocycles. The van der Waals surface area contributed by atoms with Crippen LogP contribution in [0.15, 0.2) is 30.6 Å². The Hall–Kier alpha value is -2.01. The van der Waals surface area contributed by atoms with E-state index in [0.717, 1.165) is 0 Å². The van der Waals surface area contributed by atoms with E-state index in [0.29, 0.717) is 22.1 Å². The van der Waals surface area contributed by atoms with Crippen molar-refractivity contribution in [3.8, 4) is 11.5 Å². The van der Waals surface area contributed by atoms with E-state index in [4.69, 9.17) is 27.5 Å². The van der Waals surface area contributed by atoms with Gasteiger partial charge in [0, 0.05) is 17.7 Å². The van der Waals surface area contributed by atoms with Crippen molar-refractivity contribution in [1.82, 2.24) is 9.78 Å². The van der Waals surface area contributed by atoms with E-state index in [1.165, 1.54) is 0 Å². The van der Waals surface area contributed by atoms with Crippen LogP contribution in [0.4, 0.5) is 0 Å². The molecule has 2 aromatic rings. The Kier molecular flexibility index (Phi) is 3.76. The van der Waals surface area contributed by atoms with Crippen molar-refractivity contribution in [2.45, 2.75) is 19.9 Å². The summed E-state index contributed by atoms with van der Waals surface area (Å²) in [5.41, 5.74) is 5.89. The monoisotopic (exact) mass is 278 g/mol. The molecule has 0 bridgehead atoms. The number of halogens is 1. The Morgan fingerprint density at radius 2 is 2.16 bits per heavy atom. The highest BCUT2D eigenvalue weighted by Gasteiger charge is 2.07. The predicted molar refractivity (Wildman–Crippen MR) is 75.2 cm³/mol. The predicted octanol–water partition coefficient (Wildman–Crippen LogP) is 3.19. The first-order chi connectivity index (χ1) is 8.97. The fourth-order valence-electron chi connectivity index (χ4n) is 1.57. The SMILES string of the molecule is CC(C)n1cc(Oc2ccc(C(=N)N)c(Cl)c2)cn1. The van der Waals surface area contributed by atoms with Gasteiger partial charge in [-0.3, -0.25) is 10.1 Å². The Morgan fingerprint density at radius 3 is 2.68 bits per heavy atom. The number of hydrogen-bond acceptors (Lipinski definition) is 3. The molecule has 1 heterocycles. The standard InChI is InChI=1S/C13H15ClN4O/c1-8(2)18-7-10(6-17-18)19-9-3-4-11(13(15)16)12(14)5-9/h3-8H,1-2H3,(H3,15,16). The summed E-state index contributed by atoms with van der Waals surface area (Å²) in [7, 11) is 0. The lowest BCUT2D eigenvalue weighted by Crippen LogP contribution is -2.11. The van der Waals surface area contributed by atoms with Gasteiger partial charge in [-0.25, -0.2) is 0 Å². The molecule has 0 aliphatic carbocycles. The maximum Gasteiger partial charge on any atom is 0.165 e. The Bertz CT molecular complexity index is 606. The Balaban J connectivity index is 2.19. The van der Waals surface area contributed by atoms with Gasteiger partial charge in [0.25, 0.3) is 0 Å². The molecule has 3 N–H and O–H groups in total. The van der Waals surface area contributed by atoms with Crippen LogP contribution in [0, 0.1) is 5.41 Å². The quantitative estimate of drug-likeness (QED) is 0.666. The first-order valence-corrected chi connectivity index (χ1v) is 6.21. The number of rotatable bonds is 4. The molecule has 2 rings (SSSR count). The molecular formula is C13H15ClN4O. The van der Waals surface area contributed by atoms with Crippen LogP contribution in [0.2, 0.25) is 5.02 Å². The highest BCUT2D eigenvalue weighted by Crippen LogP contribution is 2.26. The van der Waals surface area contributed by atoms with Crippen molar-refractivity contribution in [3.05, 3.63) is 41.2 Å². The smallest absolute Gasteiger partial charge is 0.165 e. The highest BCUT2D eigenvalue weighted by atomic mass is 35.5. The summed E-state index contributed by atoms with van der Waals surface area (Å²) >= 11 is 6.02. The molecule has 0 spiro atoms. The fourth-order valence-corrected chi connectivity index (χ4v) is 1.84. The topological polar surface area (TPSA) is 76.9 Å². The Morgan fingerprint density at radius 1 is 1.42 bits per heavy atom. The van der Waals surface area contributed by atoms with Crippen LogP contribution >= 0.6 is 11.6 Å².